The van der Waals surface area contributed by atoms with Crippen molar-refractivity contribution in [2.75, 3.05) is 6.61 Å². The smallest absolute Gasteiger partial charge is 0.235 e. The van der Waals surface area contributed by atoms with Crippen molar-refractivity contribution in [3.05, 3.63) is 57.3 Å². The molecule has 118 valence electrons. The number of carbonyl (C=O) groups is 1. The molecular weight excluding hydrogens is 308 g/mol. The van der Waals surface area contributed by atoms with Gasteiger partial charge >= 0.3 is 0 Å². The summed E-state index contributed by atoms with van der Waals surface area (Å²) in [7, 11) is 0. The first kappa shape index (κ1) is 15.8. The Balaban J connectivity index is 1.80. The molecule has 1 aromatic carbocycles. The first-order valence-electron chi connectivity index (χ1n) is 7.44. The van der Waals surface area contributed by atoms with Crippen molar-refractivity contribution in [1.82, 2.24) is 4.90 Å². The van der Waals surface area contributed by atoms with Gasteiger partial charge in [-0.3, -0.25) is 9.69 Å². The molecule has 1 aliphatic rings. The molecule has 0 fully saturated rings. The van der Waals surface area contributed by atoms with Gasteiger partial charge in [-0.15, -0.1) is 11.3 Å². The van der Waals surface area contributed by atoms with Gasteiger partial charge in [0.1, 0.15) is 6.61 Å². The monoisotopic (exact) mass is 326 g/mol. The minimum absolute atomic E-state index is 0.141. The average molecular weight is 326 g/mol. The Kier molecular flexibility index (Phi) is 4.77. The summed E-state index contributed by atoms with van der Waals surface area (Å²) < 4.78 is 0. The van der Waals surface area contributed by atoms with Crippen molar-refractivity contribution in [2.45, 2.75) is 25.6 Å². The second-order valence-electron chi connectivity index (χ2n) is 5.56. The fourth-order valence-corrected chi connectivity index (χ4v) is 3.74. The number of amides is 1. The zero-order valence-electron chi connectivity index (χ0n) is 12.7. The minimum Gasteiger partial charge on any atom is -0.384 e. The molecule has 0 spiro atoms. The topological polar surface area (TPSA) is 66.6 Å². The number of hydrogen-bond acceptors (Lipinski definition) is 4. The van der Waals surface area contributed by atoms with Gasteiger partial charge in [0.15, 0.2) is 0 Å². The Morgan fingerprint density at radius 2 is 2.17 bits per heavy atom. The van der Waals surface area contributed by atoms with Gasteiger partial charge in [0.05, 0.1) is 6.04 Å². The van der Waals surface area contributed by atoms with Gasteiger partial charge < -0.3 is 10.8 Å². The molecule has 1 unspecified atom stereocenters. The predicted molar refractivity (Wildman–Crippen MR) is 90.7 cm³/mol. The molecule has 0 saturated heterocycles. The second-order valence-corrected chi connectivity index (χ2v) is 6.55. The molecule has 0 aliphatic carbocycles. The number of rotatable bonds is 3. The van der Waals surface area contributed by atoms with Crippen molar-refractivity contribution < 1.29 is 9.90 Å². The van der Waals surface area contributed by atoms with Gasteiger partial charge in [-0.1, -0.05) is 36.1 Å². The van der Waals surface area contributed by atoms with Crippen LogP contribution in [0.2, 0.25) is 0 Å². The van der Waals surface area contributed by atoms with E-state index in [9.17, 15) is 4.79 Å². The first-order chi connectivity index (χ1) is 11.2. The zero-order valence-corrected chi connectivity index (χ0v) is 13.5. The molecule has 0 saturated carbocycles. The predicted octanol–water partition coefficient (Wildman–Crippen LogP) is 1.50. The van der Waals surface area contributed by atoms with Gasteiger partial charge in [0.2, 0.25) is 5.91 Å². The third kappa shape index (κ3) is 3.62. The van der Waals surface area contributed by atoms with Crippen LogP contribution in [-0.2, 0) is 24.3 Å². The lowest BCUT2D eigenvalue weighted by Crippen LogP contribution is -2.47. The van der Waals surface area contributed by atoms with Crippen molar-refractivity contribution in [3.8, 4) is 11.8 Å². The summed E-state index contributed by atoms with van der Waals surface area (Å²) in [5, 5.41) is 10.7. The van der Waals surface area contributed by atoms with Crippen LogP contribution in [0.5, 0.6) is 0 Å². The van der Waals surface area contributed by atoms with Crippen LogP contribution in [0.4, 0.5) is 0 Å². The molecule has 2 aromatic rings. The van der Waals surface area contributed by atoms with E-state index in [0.29, 0.717) is 13.0 Å². The lowest BCUT2D eigenvalue weighted by molar-refractivity contribution is -0.124. The van der Waals surface area contributed by atoms with Crippen LogP contribution < -0.4 is 5.73 Å². The summed E-state index contributed by atoms with van der Waals surface area (Å²) in [4.78, 5) is 15.1. The minimum atomic E-state index is -0.281. The maximum absolute atomic E-state index is 11.8. The molecule has 1 aromatic heterocycles. The number of hydrogen-bond donors (Lipinski definition) is 2. The van der Waals surface area contributed by atoms with E-state index >= 15 is 0 Å². The molecule has 3 N–H and O–H groups in total. The lowest BCUT2D eigenvalue weighted by Gasteiger charge is -2.34. The quantitative estimate of drug-likeness (QED) is 0.840. The van der Waals surface area contributed by atoms with E-state index in [1.807, 2.05) is 23.6 Å². The molecule has 3 rings (SSSR count). The highest BCUT2D eigenvalue weighted by Gasteiger charge is 2.30. The molecule has 1 amide bonds. The number of aliphatic hydroxyl groups excluding tert-OH is 1. The van der Waals surface area contributed by atoms with Gasteiger partial charge in [-0.05, 0) is 23.6 Å². The van der Waals surface area contributed by atoms with E-state index in [1.54, 1.807) is 11.3 Å². The SMILES string of the molecule is NC(=O)C1Cc2ccccc2CN1Cc1cc(C#CCO)cs1. The number of nitrogens with zero attached hydrogens (tertiary/aromatic N) is 1. The Morgan fingerprint density at radius 3 is 2.91 bits per heavy atom. The van der Waals surface area contributed by atoms with Crippen molar-refractivity contribution in [3.63, 3.8) is 0 Å². The van der Waals surface area contributed by atoms with E-state index in [1.165, 1.54) is 11.1 Å². The normalized spacial score (nSPS) is 17.2. The Morgan fingerprint density at radius 1 is 1.39 bits per heavy atom. The van der Waals surface area contributed by atoms with Crippen molar-refractivity contribution >= 4 is 17.2 Å². The number of benzene rings is 1. The second kappa shape index (κ2) is 6.97. The van der Waals surface area contributed by atoms with Crippen LogP contribution in [0.3, 0.4) is 0 Å². The average Bonchev–Trinajstić information content (AvgIpc) is 2.99. The molecular formula is C18H18N2O2S. The molecule has 0 radical (unpaired) electrons. The molecule has 2 heterocycles. The van der Waals surface area contributed by atoms with Crippen molar-refractivity contribution in [2.24, 2.45) is 5.73 Å². The van der Waals surface area contributed by atoms with Gasteiger partial charge in [-0.2, -0.15) is 0 Å². The Labute approximate surface area is 139 Å². The maximum Gasteiger partial charge on any atom is 0.235 e. The molecule has 23 heavy (non-hydrogen) atoms. The van der Waals surface area contributed by atoms with E-state index < -0.39 is 0 Å². The van der Waals surface area contributed by atoms with Crippen LogP contribution >= 0.6 is 11.3 Å². The van der Waals surface area contributed by atoms with E-state index in [-0.39, 0.29) is 18.6 Å². The number of primary amides is 1. The molecule has 0 bridgehead atoms. The van der Waals surface area contributed by atoms with Crippen LogP contribution in [0.1, 0.15) is 21.6 Å². The summed E-state index contributed by atoms with van der Waals surface area (Å²) in [6.07, 6.45) is 0.661. The highest BCUT2D eigenvalue weighted by Crippen LogP contribution is 2.26. The van der Waals surface area contributed by atoms with Crippen LogP contribution in [0.25, 0.3) is 0 Å². The number of nitrogens with two attached hydrogens (primary N) is 1. The standard InChI is InChI=1S/C18H18N2O2S/c19-18(22)17-9-14-5-1-2-6-15(14)10-20(17)11-16-8-13(12-23-16)4-3-7-21/h1-2,5-6,8,12,17,21H,7,9-11H2,(H2,19,22). The molecule has 1 atom stereocenters. The third-order valence-electron chi connectivity index (χ3n) is 4.00. The molecule has 4 nitrogen and oxygen atoms in total. The summed E-state index contributed by atoms with van der Waals surface area (Å²) in [5.74, 6) is 5.27. The van der Waals surface area contributed by atoms with E-state index in [2.05, 4.69) is 28.9 Å². The molecule has 1 aliphatic heterocycles. The Hall–Kier alpha value is -2.13. The van der Waals surface area contributed by atoms with Gasteiger partial charge in [-0.25, -0.2) is 0 Å². The maximum atomic E-state index is 11.8. The fourth-order valence-electron chi connectivity index (χ4n) is 2.89. The number of carbonyl (C=O) groups excluding carboxylic acids is 1. The van der Waals surface area contributed by atoms with Gasteiger partial charge in [0, 0.05) is 28.9 Å². The van der Waals surface area contributed by atoms with Crippen LogP contribution in [-0.4, -0.2) is 28.6 Å². The third-order valence-corrected chi connectivity index (χ3v) is 4.92. The number of thiophene rings is 1. The highest BCUT2D eigenvalue weighted by molar-refractivity contribution is 7.10. The summed E-state index contributed by atoms with van der Waals surface area (Å²) >= 11 is 1.61. The van der Waals surface area contributed by atoms with Gasteiger partial charge in [0.25, 0.3) is 0 Å². The number of fused-ring (bicyclic) bond motifs is 1. The summed E-state index contributed by atoms with van der Waals surface area (Å²) in [6.45, 7) is 1.25. The zero-order chi connectivity index (χ0) is 16.2. The Bertz CT molecular complexity index is 773. The van der Waals surface area contributed by atoms with E-state index in [4.69, 9.17) is 10.8 Å². The van der Waals surface area contributed by atoms with Crippen molar-refractivity contribution in [1.29, 1.82) is 0 Å². The fraction of sp³-hybridized carbons (Fsp3) is 0.278. The summed E-state index contributed by atoms with van der Waals surface area (Å²) in [6, 6.07) is 9.92. The largest absolute Gasteiger partial charge is 0.384 e. The molecule has 5 heteroatoms. The lowest BCUT2D eigenvalue weighted by atomic mass is 9.93. The van der Waals surface area contributed by atoms with Crippen LogP contribution in [0, 0.1) is 11.8 Å². The number of aliphatic hydroxyl groups is 1. The first-order valence-corrected chi connectivity index (χ1v) is 8.32. The van der Waals surface area contributed by atoms with Crippen LogP contribution in [0.15, 0.2) is 35.7 Å². The summed E-state index contributed by atoms with van der Waals surface area (Å²) in [5.41, 5.74) is 8.96. The van der Waals surface area contributed by atoms with E-state index in [0.717, 1.165) is 17.0 Å². The highest BCUT2D eigenvalue weighted by atomic mass is 32.1.